The van der Waals surface area contributed by atoms with E-state index in [1.54, 1.807) is 24.3 Å². The summed E-state index contributed by atoms with van der Waals surface area (Å²) in [6, 6.07) is 9.61. The van der Waals surface area contributed by atoms with E-state index < -0.39 is 4.92 Å². The summed E-state index contributed by atoms with van der Waals surface area (Å²) in [7, 11) is 0. The summed E-state index contributed by atoms with van der Waals surface area (Å²) in [4.78, 5) is 10.4. The molecular weight excluding hydrogens is 289 g/mol. The molecule has 0 aliphatic heterocycles. The summed E-state index contributed by atoms with van der Waals surface area (Å²) in [5.74, 6) is 0.542. The lowest BCUT2D eigenvalue weighted by Gasteiger charge is -2.09. The van der Waals surface area contributed by atoms with Crippen molar-refractivity contribution in [1.82, 2.24) is 0 Å². The molecule has 0 aliphatic rings. The first-order chi connectivity index (χ1) is 8.99. The highest BCUT2D eigenvalue weighted by molar-refractivity contribution is 6.33. The van der Waals surface area contributed by atoms with Gasteiger partial charge in [0, 0.05) is 5.02 Å². The van der Waals surface area contributed by atoms with Gasteiger partial charge in [-0.05, 0) is 36.8 Å². The van der Waals surface area contributed by atoms with Crippen LogP contribution in [0, 0.1) is 17.0 Å². The van der Waals surface area contributed by atoms with E-state index in [1.165, 1.54) is 12.1 Å². The van der Waals surface area contributed by atoms with Crippen LogP contribution in [0.4, 0.5) is 5.69 Å². The summed E-state index contributed by atoms with van der Waals surface area (Å²) in [5, 5.41) is 11.5. The summed E-state index contributed by atoms with van der Waals surface area (Å²) < 4.78 is 5.55. The van der Waals surface area contributed by atoms with Crippen molar-refractivity contribution in [1.29, 1.82) is 0 Å². The van der Waals surface area contributed by atoms with Crippen molar-refractivity contribution < 1.29 is 9.66 Å². The number of hydrogen-bond acceptors (Lipinski definition) is 3. The fourth-order valence-corrected chi connectivity index (χ4v) is 1.95. The maximum atomic E-state index is 11.0. The number of rotatable bonds is 3. The van der Waals surface area contributed by atoms with Crippen LogP contribution in [-0.2, 0) is 0 Å². The van der Waals surface area contributed by atoms with Crippen molar-refractivity contribution in [3.05, 3.63) is 62.1 Å². The molecule has 2 rings (SSSR count). The molecule has 0 spiro atoms. The first kappa shape index (κ1) is 13.6. The third kappa shape index (κ3) is 2.97. The topological polar surface area (TPSA) is 52.4 Å². The zero-order valence-electron chi connectivity index (χ0n) is 9.89. The summed E-state index contributed by atoms with van der Waals surface area (Å²) >= 11 is 11.7. The predicted molar refractivity (Wildman–Crippen MR) is 74.4 cm³/mol. The fourth-order valence-electron chi connectivity index (χ4n) is 1.56. The van der Waals surface area contributed by atoms with Gasteiger partial charge in [0.2, 0.25) is 5.75 Å². The second-order valence-corrected chi connectivity index (χ2v) is 4.70. The average molecular weight is 298 g/mol. The molecule has 2 aromatic carbocycles. The van der Waals surface area contributed by atoms with Crippen LogP contribution in [0.1, 0.15) is 5.56 Å². The molecular formula is C13H9Cl2NO3. The van der Waals surface area contributed by atoms with Gasteiger partial charge in [-0.2, -0.15) is 0 Å². The average Bonchev–Trinajstić information content (AvgIpc) is 2.33. The highest BCUT2D eigenvalue weighted by atomic mass is 35.5. The molecule has 4 nitrogen and oxygen atoms in total. The van der Waals surface area contributed by atoms with E-state index in [4.69, 9.17) is 27.9 Å². The van der Waals surface area contributed by atoms with Crippen LogP contribution in [-0.4, -0.2) is 4.92 Å². The van der Waals surface area contributed by atoms with Crippen molar-refractivity contribution in [3.63, 3.8) is 0 Å². The Morgan fingerprint density at radius 3 is 2.58 bits per heavy atom. The summed E-state index contributed by atoms with van der Waals surface area (Å²) in [5.41, 5.74) is 0.558. The molecule has 0 heterocycles. The molecule has 0 unspecified atom stereocenters. The van der Waals surface area contributed by atoms with Crippen molar-refractivity contribution in [3.8, 4) is 11.5 Å². The van der Waals surface area contributed by atoms with E-state index in [2.05, 4.69) is 0 Å². The van der Waals surface area contributed by atoms with Crippen LogP contribution in [0.5, 0.6) is 11.5 Å². The Labute approximate surface area is 119 Å². The lowest BCUT2D eigenvalue weighted by Crippen LogP contribution is -1.95. The normalized spacial score (nSPS) is 10.3. The first-order valence-corrected chi connectivity index (χ1v) is 6.11. The minimum absolute atomic E-state index is 0.0298. The number of aryl methyl sites for hydroxylation is 1. The van der Waals surface area contributed by atoms with E-state index in [1.807, 2.05) is 6.92 Å². The van der Waals surface area contributed by atoms with E-state index in [9.17, 15) is 10.1 Å². The molecule has 19 heavy (non-hydrogen) atoms. The molecule has 6 heteroatoms. The highest BCUT2D eigenvalue weighted by Gasteiger charge is 2.20. The Morgan fingerprint density at radius 1 is 1.16 bits per heavy atom. The molecule has 0 aromatic heterocycles. The van der Waals surface area contributed by atoms with Gasteiger partial charge in [-0.1, -0.05) is 35.3 Å². The SMILES string of the molecule is Cc1ccc(Cl)cc1Oc1cccc(Cl)c1[N+](=O)[O-]. The Morgan fingerprint density at radius 2 is 1.89 bits per heavy atom. The Kier molecular flexibility index (Phi) is 3.93. The minimum atomic E-state index is -0.572. The van der Waals surface area contributed by atoms with Gasteiger partial charge in [0.05, 0.1) is 4.92 Å². The van der Waals surface area contributed by atoms with Crippen LogP contribution in [0.15, 0.2) is 36.4 Å². The number of nitrogens with zero attached hydrogens (tertiary/aromatic N) is 1. The lowest BCUT2D eigenvalue weighted by atomic mass is 10.2. The standard InChI is InChI=1S/C13H9Cl2NO3/c1-8-5-6-9(14)7-12(8)19-11-4-2-3-10(15)13(11)16(17)18/h2-7H,1H3. The van der Waals surface area contributed by atoms with Crippen molar-refractivity contribution >= 4 is 28.9 Å². The highest BCUT2D eigenvalue weighted by Crippen LogP contribution is 2.38. The molecule has 2 aromatic rings. The Bertz CT molecular complexity index is 644. The number of benzene rings is 2. The molecule has 0 N–H and O–H groups in total. The Balaban J connectivity index is 2.46. The van der Waals surface area contributed by atoms with E-state index in [0.717, 1.165) is 5.56 Å². The van der Waals surface area contributed by atoms with Gasteiger partial charge in [-0.25, -0.2) is 0 Å². The lowest BCUT2D eigenvalue weighted by molar-refractivity contribution is -0.385. The van der Waals surface area contributed by atoms with Crippen LogP contribution in [0.25, 0.3) is 0 Å². The molecule has 0 bridgehead atoms. The predicted octanol–water partition coefficient (Wildman–Crippen LogP) is 5.00. The number of ether oxygens (including phenoxy) is 1. The Hall–Kier alpha value is -1.78. The maximum absolute atomic E-state index is 11.0. The zero-order chi connectivity index (χ0) is 14.0. The van der Waals surface area contributed by atoms with Gasteiger partial charge in [-0.15, -0.1) is 0 Å². The van der Waals surface area contributed by atoms with Gasteiger partial charge in [0.25, 0.3) is 0 Å². The molecule has 98 valence electrons. The van der Waals surface area contributed by atoms with Crippen molar-refractivity contribution in [2.24, 2.45) is 0 Å². The molecule has 0 saturated carbocycles. The molecule has 0 aliphatic carbocycles. The zero-order valence-corrected chi connectivity index (χ0v) is 11.4. The fraction of sp³-hybridized carbons (Fsp3) is 0.0769. The van der Waals surface area contributed by atoms with E-state index in [-0.39, 0.29) is 16.5 Å². The van der Waals surface area contributed by atoms with Crippen LogP contribution >= 0.6 is 23.2 Å². The number of nitro benzene ring substituents is 1. The largest absolute Gasteiger partial charge is 0.450 e. The summed E-state index contributed by atoms with van der Waals surface area (Å²) in [6.45, 7) is 1.82. The minimum Gasteiger partial charge on any atom is -0.450 e. The van der Waals surface area contributed by atoms with E-state index >= 15 is 0 Å². The number of nitro groups is 1. The van der Waals surface area contributed by atoms with Gasteiger partial charge in [0.15, 0.2) is 0 Å². The van der Waals surface area contributed by atoms with Gasteiger partial charge >= 0.3 is 5.69 Å². The maximum Gasteiger partial charge on any atom is 0.329 e. The number of hydrogen-bond donors (Lipinski definition) is 0. The van der Waals surface area contributed by atoms with Crippen molar-refractivity contribution in [2.45, 2.75) is 6.92 Å². The van der Waals surface area contributed by atoms with E-state index in [0.29, 0.717) is 10.8 Å². The molecule has 0 atom stereocenters. The van der Waals surface area contributed by atoms with Crippen LogP contribution in [0.2, 0.25) is 10.0 Å². The number of halogens is 2. The monoisotopic (exact) mass is 297 g/mol. The second kappa shape index (κ2) is 5.47. The first-order valence-electron chi connectivity index (χ1n) is 5.36. The quantitative estimate of drug-likeness (QED) is 0.591. The number of para-hydroxylation sites is 1. The molecule has 0 amide bonds. The van der Waals surface area contributed by atoms with Gasteiger partial charge in [0.1, 0.15) is 10.8 Å². The molecule has 0 saturated heterocycles. The van der Waals surface area contributed by atoms with Crippen molar-refractivity contribution in [2.75, 3.05) is 0 Å². The van der Waals surface area contributed by atoms with Gasteiger partial charge < -0.3 is 4.74 Å². The molecule has 0 radical (unpaired) electrons. The summed E-state index contributed by atoms with van der Waals surface area (Å²) in [6.07, 6.45) is 0. The molecule has 0 fully saturated rings. The second-order valence-electron chi connectivity index (χ2n) is 3.86. The third-order valence-electron chi connectivity index (χ3n) is 2.50. The smallest absolute Gasteiger partial charge is 0.329 e. The van der Waals surface area contributed by atoms with Crippen LogP contribution in [0.3, 0.4) is 0 Å². The van der Waals surface area contributed by atoms with Crippen LogP contribution < -0.4 is 4.74 Å². The van der Waals surface area contributed by atoms with Gasteiger partial charge in [-0.3, -0.25) is 10.1 Å². The third-order valence-corrected chi connectivity index (χ3v) is 3.04.